The van der Waals surface area contributed by atoms with E-state index in [0.29, 0.717) is 6.54 Å². The Kier molecular flexibility index (Phi) is 6.67. The van der Waals surface area contributed by atoms with Crippen molar-refractivity contribution < 1.29 is 13.2 Å². The zero-order chi connectivity index (χ0) is 15.9. The van der Waals surface area contributed by atoms with Gasteiger partial charge in [-0.15, -0.1) is 0 Å². The Morgan fingerprint density at radius 3 is 2.38 bits per heavy atom. The SMILES string of the molecule is CCN(CC)CCCNc1cc(C(F)(F)F)nc(NC)n1. The smallest absolute Gasteiger partial charge is 0.370 e. The summed E-state index contributed by atoms with van der Waals surface area (Å²) in [5, 5.41) is 5.45. The Labute approximate surface area is 123 Å². The summed E-state index contributed by atoms with van der Waals surface area (Å²) >= 11 is 0. The van der Waals surface area contributed by atoms with Crippen LogP contribution < -0.4 is 10.6 Å². The Hall–Kier alpha value is -1.57. The van der Waals surface area contributed by atoms with Crippen LogP contribution in [0.4, 0.5) is 24.9 Å². The molecular formula is C13H22F3N5. The van der Waals surface area contributed by atoms with Gasteiger partial charge in [-0.1, -0.05) is 13.8 Å². The minimum Gasteiger partial charge on any atom is -0.370 e. The molecular weight excluding hydrogens is 283 g/mol. The van der Waals surface area contributed by atoms with Gasteiger partial charge >= 0.3 is 6.18 Å². The molecule has 0 atom stereocenters. The zero-order valence-electron chi connectivity index (χ0n) is 12.6. The van der Waals surface area contributed by atoms with E-state index in [0.717, 1.165) is 32.1 Å². The van der Waals surface area contributed by atoms with Crippen LogP contribution >= 0.6 is 0 Å². The van der Waals surface area contributed by atoms with E-state index in [4.69, 9.17) is 0 Å². The number of hydrogen-bond acceptors (Lipinski definition) is 5. The van der Waals surface area contributed by atoms with Gasteiger partial charge in [-0.2, -0.15) is 18.2 Å². The van der Waals surface area contributed by atoms with Crippen LogP contribution in [-0.2, 0) is 6.18 Å². The number of halogens is 3. The summed E-state index contributed by atoms with van der Waals surface area (Å²) in [5.74, 6) is 0.136. The van der Waals surface area contributed by atoms with Gasteiger partial charge in [0.25, 0.3) is 0 Å². The maximum atomic E-state index is 12.7. The number of nitrogens with one attached hydrogen (secondary N) is 2. The second-order valence-corrected chi connectivity index (χ2v) is 4.52. The number of alkyl halides is 3. The van der Waals surface area contributed by atoms with Crippen LogP contribution in [0.2, 0.25) is 0 Å². The van der Waals surface area contributed by atoms with E-state index in [1.165, 1.54) is 7.05 Å². The van der Waals surface area contributed by atoms with Crippen molar-refractivity contribution >= 4 is 11.8 Å². The predicted molar refractivity (Wildman–Crippen MR) is 77.5 cm³/mol. The second-order valence-electron chi connectivity index (χ2n) is 4.52. The first-order valence-electron chi connectivity index (χ1n) is 7.01. The van der Waals surface area contributed by atoms with Crippen molar-refractivity contribution in [3.63, 3.8) is 0 Å². The Balaban J connectivity index is 2.62. The zero-order valence-corrected chi connectivity index (χ0v) is 12.6. The summed E-state index contributed by atoms with van der Waals surface area (Å²) in [6.07, 6.45) is -3.64. The van der Waals surface area contributed by atoms with Gasteiger partial charge in [0, 0.05) is 19.7 Å². The van der Waals surface area contributed by atoms with Gasteiger partial charge in [0.05, 0.1) is 0 Å². The molecule has 0 fully saturated rings. The highest BCUT2D eigenvalue weighted by atomic mass is 19.4. The standard InChI is InChI=1S/C13H22F3N5/c1-4-21(5-2)8-6-7-18-11-9-10(13(14,15)16)19-12(17-3)20-11/h9H,4-8H2,1-3H3,(H2,17,18,19,20). The van der Waals surface area contributed by atoms with E-state index >= 15 is 0 Å². The van der Waals surface area contributed by atoms with Crippen LogP contribution in [0, 0.1) is 0 Å². The number of nitrogens with zero attached hydrogens (tertiary/aromatic N) is 3. The van der Waals surface area contributed by atoms with E-state index in [1.807, 2.05) is 0 Å². The molecule has 120 valence electrons. The molecule has 8 heteroatoms. The second kappa shape index (κ2) is 8.02. The minimum absolute atomic E-state index is 0.0453. The highest BCUT2D eigenvalue weighted by Crippen LogP contribution is 2.29. The van der Waals surface area contributed by atoms with Crippen molar-refractivity contribution in [3.8, 4) is 0 Å². The molecule has 1 aromatic heterocycles. The van der Waals surface area contributed by atoms with Crippen LogP contribution in [0.15, 0.2) is 6.07 Å². The molecule has 0 bridgehead atoms. The van der Waals surface area contributed by atoms with E-state index in [2.05, 4.69) is 39.3 Å². The van der Waals surface area contributed by atoms with Crippen LogP contribution in [0.1, 0.15) is 26.0 Å². The third-order valence-corrected chi connectivity index (χ3v) is 3.09. The van der Waals surface area contributed by atoms with Gasteiger partial charge in [-0.25, -0.2) is 4.98 Å². The Bertz CT molecular complexity index is 432. The lowest BCUT2D eigenvalue weighted by molar-refractivity contribution is -0.141. The fourth-order valence-electron chi connectivity index (χ4n) is 1.85. The number of anilines is 2. The van der Waals surface area contributed by atoms with Crippen molar-refractivity contribution in [1.29, 1.82) is 0 Å². The predicted octanol–water partition coefficient (Wildman–Crippen LogP) is 2.68. The molecule has 0 saturated carbocycles. The van der Waals surface area contributed by atoms with Crippen molar-refractivity contribution in [2.45, 2.75) is 26.4 Å². The first kappa shape index (κ1) is 17.5. The molecule has 1 aromatic rings. The summed E-state index contributed by atoms with van der Waals surface area (Å²) in [7, 11) is 1.49. The molecule has 0 amide bonds. The largest absolute Gasteiger partial charge is 0.433 e. The van der Waals surface area contributed by atoms with Crippen LogP contribution in [0.25, 0.3) is 0 Å². The maximum Gasteiger partial charge on any atom is 0.433 e. The average Bonchev–Trinajstić information content (AvgIpc) is 2.46. The lowest BCUT2D eigenvalue weighted by atomic mass is 10.3. The molecule has 0 aromatic carbocycles. The van der Waals surface area contributed by atoms with Crippen molar-refractivity contribution in [2.75, 3.05) is 43.9 Å². The van der Waals surface area contributed by atoms with Gasteiger partial charge in [-0.05, 0) is 26.1 Å². The molecule has 0 radical (unpaired) electrons. The highest BCUT2D eigenvalue weighted by molar-refractivity contribution is 5.42. The monoisotopic (exact) mass is 305 g/mol. The molecule has 0 unspecified atom stereocenters. The molecule has 21 heavy (non-hydrogen) atoms. The molecule has 1 heterocycles. The van der Waals surface area contributed by atoms with E-state index in [1.54, 1.807) is 0 Å². The third-order valence-electron chi connectivity index (χ3n) is 3.09. The molecule has 0 spiro atoms. The first-order valence-corrected chi connectivity index (χ1v) is 7.01. The fourth-order valence-corrected chi connectivity index (χ4v) is 1.85. The minimum atomic E-state index is -4.48. The quantitative estimate of drug-likeness (QED) is 0.723. The number of aromatic nitrogens is 2. The Morgan fingerprint density at radius 2 is 1.86 bits per heavy atom. The molecule has 2 N–H and O–H groups in total. The molecule has 0 saturated heterocycles. The van der Waals surface area contributed by atoms with Crippen LogP contribution in [-0.4, -0.2) is 48.1 Å². The van der Waals surface area contributed by atoms with E-state index in [-0.39, 0.29) is 11.8 Å². The van der Waals surface area contributed by atoms with E-state index in [9.17, 15) is 13.2 Å². The van der Waals surface area contributed by atoms with Gasteiger partial charge in [0.1, 0.15) is 5.82 Å². The first-order chi connectivity index (χ1) is 9.90. The summed E-state index contributed by atoms with van der Waals surface area (Å²) in [6.45, 7) is 7.55. The summed E-state index contributed by atoms with van der Waals surface area (Å²) in [4.78, 5) is 9.64. The normalized spacial score (nSPS) is 11.8. The van der Waals surface area contributed by atoms with Gasteiger partial charge < -0.3 is 15.5 Å². The molecule has 0 aliphatic rings. The highest BCUT2D eigenvalue weighted by Gasteiger charge is 2.33. The summed E-state index contributed by atoms with van der Waals surface area (Å²) in [6, 6.07) is 0.929. The topological polar surface area (TPSA) is 53.1 Å². The number of hydrogen-bond donors (Lipinski definition) is 2. The summed E-state index contributed by atoms with van der Waals surface area (Å²) < 4.78 is 38.2. The van der Waals surface area contributed by atoms with Crippen molar-refractivity contribution in [3.05, 3.63) is 11.8 Å². The van der Waals surface area contributed by atoms with Crippen LogP contribution in [0.5, 0.6) is 0 Å². The average molecular weight is 305 g/mol. The molecule has 1 rings (SSSR count). The maximum absolute atomic E-state index is 12.7. The summed E-state index contributed by atoms with van der Waals surface area (Å²) in [5.41, 5.74) is -0.951. The van der Waals surface area contributed by atoms with Gasteiger partial charge in [-0.3, -0.25) is 0 Å². The van der Waals surface area contributed by atoms with Crippen molar-refractivity contribution in [1.82, 2.24) is 14.9 Å². The molecule has 0 aliphatic heterocycles. The Morgan fingerprint density at radius 1 is 1.19 bits per heavy atom. The van der Waals surface area contributed by atoms with Crippen molar-refractivity contribution in [2.24, 2.45) is 0 Å². The molecule has 5 nitrogen and oxygen atoms in total. The number of rotatable bonds is 8. The fraction of sp³-hybridized carbons (Fsp3) is 0.692. The van der Waals surface area contributed by atoms with E-state index < -0.39 is 11.9 Å². The molecule has 0 aliphatic carbocycles. The van der Waals surface area contributed by atoms with Gasteiger partial charge in [0.15, 0.2) is 5.69 Å². The van der Waals surface area contributed by atoms with Gasteiger partial charge in [0.2, 0.25) is 5.95 Å². The lowest BCUT2D eigenvalue weighted by Gasteiger charge is -2.18. The van der Waals surface area contributed by atoms with Crippen LogP contribution in [0.3, 0.4) is 0 Å². The lowest BCUT2D eigenvalue weighted by Crippen LogP contribution is -2.25. The third kappa shape index (κ3) is 5.74.